The van der Waals surface area contributed by atoms with Crippen molar-refractivity contribution in [2.45, 2.75) is 13.5 Å². The Hall–Kier alpha value is -1.07. The molecule has 0 amide bonds. The molecule has 0 spiro atoms. The Labute approximate surface area is 104 Å². The maximum atomic E-state index is 11.6. The fourth-order valence-electron chi connectivity index (χ4n) is 1.48. The smallest absolute Gasteiger partial charge is 0.213 e. The Morgan fingerprint density at radius 3 is 2.00 bits per heavy atom. The van der Waals surface area contributed by atoms with Crippen LogP contribution >= 0.6 is 0 Å². The molecule has 0 heterocycles. The summed E-state index contributed by atoms with van der Waals surface area (Å²) in [7, 11) is 2.46. The molecule has 1 aromatic carbocycles. The average Bonchev–Trinajstić information content (AvgIpc) is 2.29. The summed E-state index contributed by atoms with van der Waals surface area (Å²) >= 11 is 0. The lowest BCUT2D eigenvalue weighted by Crippen LogP contribution is -2.27. The van der Waals surface area contributed by atoms with Crippen LogP contribution in [0.4, 0.5) is 5.69 Å². The van der Waals surface area contributed by atoms with Crippen molar-refractivity contribution in [3.8, 4) is 0 Å². The topological polar surface area (TPSA) is 40.6 Å². The van der Waals surface area contributed by atoms with Gasteiger partial charge in [-0.25, -0.2) is 12.7 Å². The second-order valence-electron chi connectivity index (χ2n) is 4.22. The highest BCUT2D eigenvalue weighted by Crippen LogP contribution is 2.14. The molecule has 0 saturated carbocycles. The monoisotopic (exact) mass is 256 g/mol. The van der Waals surface area contributed by atoms with Gasteiger partial charge < -0.3 is 4.90 Å². The maximum absolute atomic E-state index is 11.6. The maximum Gasteiger partial charge on any atom is 0.213 e. The lowest BCUT2D eigenvalue weighted by Gasteiger charge is -2.17. The summed E-state index contributed by atoms with van der Waals surface area (Å²) < 4.78 is 24.6. The lowest BCUT2D eigenvalue weighted by atomic mass is 10.2. The van der Waals surface area contributed by atoms with Gasteiger partial charge >= 0.3 is 0 Å². The third kappa shape index (κ3) is 3.71. The summed E-state index contributed by atoms with van der Waals surface area (Å²) in [5.41, 5.74) is 2.10. The van der Waals surface area contributed by atoms with Gasteiger partial charge in [-0.05, 0) is 24.6 Å². The molecule has 0 aliphatic heterocycles. The van der Waals surface area contributed by atoms with Gasteiger partial charge in [-0.2, -0.15) is 0 Å². The molecule has 1 aromatic rings. The van der Waals surface area contributed by atoms with Gasteiger partial charge in [0.15, 0.2) is 0 Å². The number of anilines is 1. The minimum atomic E-state index is -3.10. The van der Waals surface area contributed by atoms with E-state index in [0.29, 0.717) is 6.54 Å². The van der Waals surface area contributed by atoms with Crippen molar-refractivity contribution in [3.05, 3.63) is 29.8 Å². The van der Waals surface area contributed by atoms with E-state index in [9.17, 15) is 8.42 Å². The largest absolute Gasteiger partial charge is 0.378 e. The van der Waals surface area contributed by atoms with E-state index in [1.165, 1.54) is 4.31 Å². The molecular formula is C12H20N2O2S. The zero-order chi connectivity index (χ0) is 13.1. The van der Waals surface area contributed by atoms with E-state index in [-0.39, 0.29) is 5.75 Å². The molecular weight excluding hydrogens is 236 g/mol. The van der Waals surface area contributed by atoms with Crippen LogP contribution in [0.25, 0.3) is 0 Å². The van der Waals surface area contributed by atoms with Crippen molar-refractivity contribution in [1.29, 1.82) is 0 Å². The van der Waals surface area contributed by atoms with Gasteiger partial charge in [-0.1, -0.05) is 12.1 Å². The molecule has 0 unspecified atom stereocenters. The van der Waals surface area contributed by atoms with Gasteiger partial charge in [0.1, 0.15) is 0 Å². The van der Waals surface area contributed by atoms with Crippen LogP contribution in [0.5, 0.6) is 0 Å². The van der Waals surface area contributed by atoms with Crippen LogP contribution in [0.15, 0.2) is 24.3 Å². The van der Waals surface area contributed by atoms with E-state index in [0.717, 1.165) is 11.3 Å². The Morgan fingerprint density at radius 1 is 1.06 bits per heavy atom. The zero-order valence-electron chi connectivity index (χ0n) is 10.8. The summed E-state index contributed by atoms with van der Waals surface area (Å²) in [6.07, 6.45) is 0. The summed E-state index contributed by atoms with van der Waals surface area (Å²) in [5.74, 6) is 0.138. The summed E-state index contributed by atoms with van der Waals surface area (Å²) in [6, 6.07) is 7.89. The minimum absolute atomic E-state index is 0.138. The van der Waals surface area contributed by atoms with Crippen LogP contribution in [-0.2, 0) is 16.6 Å². The third-order valence-corrected chi connectivity index (χ3v) is 4.51. The number of hydrogen-bond donors (Lipinski definition) is 0. The molecule has 1 rings (SSSR count). The van der Waals surface area contributed by atoms with E-state index < -0.39 is 10.0 Å². The van der Waals surface area contributed by atoms with Gasteiger partial charge in [0.05, 0.1) is 5.75 Å². The van der Waals surface area contributed by atoms with E-state index in [1.807, 2.05) is 43.3 Å². The van der Waals surface area contributed by atoms with Gasteiger partial charge in [0.25, 0.3) is 0 Å². The van der Waals surface area contributed by atoms with Crippen LogP contribution in [0.1, 0.15) is 12.5 Å². The molecule has 17 heavy (non-hydrogen) atoms. The van der Waals surface area contributed by atoms with Crippen LogP contribution in [0, 0.1) is 0 Å². The second kappa shape index (κ2) is 5.51. The predicted octanol–water partition coefficient (Wildman–Crippen LogP) is 1.53. The molecule has 4 nitrogen and oxygen atoms in total. The fraction of sp³-hybridized carbons (Fsp3) is 0.500. The van der Waals surface area contributed by atoms with Crippen molar-refractivity contribution >= 4 is 15.7 Å². The number of rotatable bonds is 5. The average molecular weight is 256 g/mol. The molecule has 0 N–H and O–H groups in total. The zero-order valence-corrected chi connectivity index (χ0v) is 11.7. The summed E-state index contributed by atoms with van der Waals surface area (Å²) in [5, 5.41) is 0. The minimum Gasteiger partial charge on any atom is -0.378 e. The highest BCUT2D eigenvalue weighted by Gasteiger charge is 2.14. The molecule has 0 aliphatic carbocycles. The number of nitrogens with zero attached hydrogens (tertiary/aromatic N) is 2. The van der Waals surface area contributed by atoms with E-state index in [2.05, 4.69) is 0 Å². The van der Waals surface area contributed by atoms with Crippen molar-refractivity contribution < 1.29 is 8.42 Å². The molecule has 0 bridgehead atoms. The quantitative estimate of drug-likeness (QED) is 0.802. The normalized spacial score (nSPS) is 11.8. The highest BCUT2D eigenvalue weighted by atomic mass is 32.2. The molecule has 0 fully saturated rings. The standard InChI is InChI=1S/C12H20N2O2S/c1-5-17(15,16)14(4)10-11-6-8-12(9-7-11)13(2)3/h6-9H,5,10H2,1-4H3. The van der Waals surface area contributed by atoms with Gasteiger partial charge in [-0.3, -0.25) is 0 Å². The van der Waals surface area contributed by atoms with Crippen molar-refractivity contribution in [2.24, 2.45) is 0 Å². The molecule has 96 valence electrons. The highest BCUT2D eigenvalue weighted by molar-refractivity contribution is 7.89. The Balaban J connectivity index is 2.76. The molecule has 0 atom stereocenters. The molecule has 0 radical (unpaired) electrons. The van der Waals surface area contributed by atoms with Crippen molar-refractivity contribution in [2.75, 3.05) is 31.8 Å². The summed E-state index contributed by atoms with van der Waals surface area (Å²) in [4.78, 5) is 2.01. The first-order valence-electron chi connectivity index (χ1n) is 5.57. The van der Waals surface area contributed by atoms with Crippen molar-refractivity contribution in [1.82, 2.24) is 4.31 Å². The Bertz CT molecular complexity index is 452. The lowest BCUT2D eigenvalue weighted by molar-refractivity contribution is 0.468. The third-order valence-electron chi connectivity index (χ3n) is 2.70. The van der Waals surface area contributed by atoms with Crippen LogP contribution < -0.4 is 4.90 Å². The van der Waals surface area contributed by atoms with Crippen LogP contribution in [0.2, 0.25) is 0 Å². The van der Waals surface area contributed by atoms with Crippen LogP contribution in [-0.4, -0.2) is 39.6 Å². The number of benzene rings is 1. The number of sulfonamides is 1. The number of hydrogen-bond acceptors (Lipinski definition) is 3. The first kappa shape index (κ1) is 14.0. The molecule has 5 heteroatoms. The predicted molar refractivity (Wildman–Crippen MR) is 71.7 cm³/mol. The summed E-state index contributed by atoms with van der Waals surface area (Å²) in [6.45, 7) is 2.07. The van der Waals surface area contributed by atoms with E-state index in [4.69, 9.17) is 0 Å². The molecule has 0 aliphatic rings. The molecule has 0 aromatic heterocycles. The Kier molecular flexibility index (Phi) is 4.54. The van der Waals surface area contributed by atoms with Crippen molar-refractivity contribution in [3.63, 3.8) is 0 Å². The van der Waals surface area contributed by atoms with E-state index in [1.54, 1.807) is 14.0 Å². The van der Waals surface area contributed by atoms with Gasteiger partial charge in [-0.15, -0.1) is 0 Å². The molecule has 0 saturated heterocycles. The SMILES string of the molecule is CCS(=O)(=O)N(C)Cc1ccc(N(C)C)cc1. The van der Waals surface area contributed by atoms with Crippen LogP contribution in [0.3, 0.4) is 0 Å². The second-order valence-corrected chi connectivity index (χ2v) is 6.58. The Morgan fingerprint density at radius 2 is 1.59 bits per heavy atom. The van der Waals surface area contributed by atoms with Gasteiger partial charge in [0.2, 0.25) is 10.0 Å². The van der Waals surface area contributed by atoms with E-state index >= 15 is 0 Å². The first-order valence-corrected chi connectivity index (χ1v) is 7.18. The fourth-order valence-corrected chi connectivity index (χ4v) is 2.26. The van der Waals surface area contributed by atoms with Gasteiger partial charge in [0, 0.05) is 33.4 Å². The first-order chi connectivity index (χ1) is 7.86.